The minimum Gasteiger partial charge on any atom is -0.497 e. The molecule has 0 bridgehead atoms. The van der Waals surface area contributed by atoms with Gasteiger partial charge in [0.1, 0.15) is 5.75 Å². The van der Waals surface area contributed by atoms with Crippen LogP contribution in [-0.2, 0) is 4.79 Å². The van der Waals surface area contributed by atoms with E-state index in [1.807, 2.05) is 42.5 Å². The van der Waals surface area contributed by atoms with E-state index < -0.39 is 0 Å². The van der Waals surface area contributed by atoms with E-state index in [4.69, 9.17) is 4.74 Å². The van der Waals surface area contributed by atoms with E-state index in [1.165, 1.54) is 0 Å². The van der Waals surface area contributed by atoms with Gasteiger partial charge in [0.25, 0.3) is 5.91 Å². The summed E-state index contributed by atoms with van der Waals surface area (Å²) in [4.78, 5) is 26.7. The lowest BCUT2D eigenvalue weighted by Gasteiger charge is -2.31. The maximum atomic E-state index is 12.4. The summed E-state index contributed by atoms with van der Waals surface area (Å²) < 4.78 is 5.16. The van der Waals surface area contributed by atoms with E-state index in [2.05, 4.69) is 15.5 Å². The lowest BCUT2D eigenvalue weighted by Crippen LogP contribution is -2.46. The highest BCUT2D eigenvalue weighted by Gasteiger charge is 2.22. The molecule has 2 amide bonds. The molecule has 1 heterocycles. The second kappa shape index (κ2) is 9.19. The van der Waals surface area contributed by atoms with Gasteiger partial charge in [0.05, 0.1) is 13.7 Å². The summed E-state index contributed by atoms with van der Waals surface area (Å²) in [6, 6.07) is 16.7. The highest BCUT2D eigenvalue weighted by Crippen LogP contribution is 2.15. The standard InChI is InChI=1S/C21H25N3O3/c1-27-19-9-5-6-16(14-19)21(26)23-18-10-12-24(13-11-18)15-20(25)22-17-7-3-2-4-8-17/h2-9,14,18H,10-13,15H2,1H3,(H,22,25)(H,23,26). The van der Waals surface area contributed by atoms with Crippen LogP contribution in [0.4, 0.5) is 5.69 Å². The van der Waals surface area contributed by atoms with Gasteiger partial charge in [-0.05, 0) is 43.2 Å². The molecule has 27 heavy (non-hydrogen) atoms. The van der Waals surface area contributed by atoms with Crippen molar-refractivity contribution >= 4 is 17.5 Å². The largest absolute Gasteiger partial charge is 0.497 e. The first-order chi connectivity index (χ1) is 13.1. The molecular formula is C21H25N3O3. The molecule has 0 unspecified atom stereocenters. The van der Waals surface area contributed by atoms with Crippen LogP contribution >= 0.6 is 0 Å². The van der Waals surface area contributed by atoms with Gasteiger partial charge in [0, 0.05) is 30.4 Å². The Kier molecular flexibility index (Phi) is 6.44. The van der Waals surface area contributed by atoms with Crippen LogP contribution in [0.2, 0.25) is 0 Å². The summed E-state index contributed by atoms with van der Waals surface area (Å²) in [5.74, 6) is 0.566. The van der Waals surface area contributed by atoms with E-state index >= 15 is 0 Å². The van der Waals surface area contributed by atoms with E-state index in [0.717, 1.165) is 31.6 Å². The topological polar surface area (TPSA) is 70.7 Å². The van der Waals surface area contributed by atoms with E-state index in [1.54, 1.807) is 19.2 Å². The fourth-order valence-corrected chi connectivity index (χ4v) is 3.19. The Hall–Kier alpha value is -2.86. The average Bonchev–Trinajstić information content (AvgIpc) is 2.70. The zero-order chi connectivity index (χ0) is 19.1. The Labute approximate surface area is 159 Å². The summed E-state index contributed by atoms with van der Waals surface area (Å²) in [5.41, 5.74) is 1.40. The predicted octanol–water partition coefficient (Wildman–Crippen LogP) is 2.53. The maximum absolute atomic E-state index is 12.4. The van der Waals surface area contributed by atoms with E-state index in [-0.39, 0.29) is 17.9 Å². The molecule has 2 aromatic carbocycles. The first-order valence-corrected chi connectivity index (χ1v) is 9.16. The minimum atomic E-state index is -0.0887. The van der Waals surface area contributed by atoms with Gasteiger partial charge >= 0.3 is 0 Å². The van der Waals surface area contributed by atoms with Gasteiger partial charge in [-0.1, -0.05) is 24.3 Å². The Balaban J connectivity index is 1.43. The molecule has 6 nitrogen and oxygen atoms in total. The number of anilines is 1. The summed E-state index contributed by atoms with van der Waals surface area (Å²) in [6.07, 6.45) is 1.66. The van der Waals surface area contributed by atoms with Crippen molar-refractivity contribution in [2.75, 3.05) is 32.1 Å². The van der Waals surface area contributed by atoms with E-state index in [0.29, 0.717) is 17.9 Å². The molecule has 0 aromatic heterocycles. The van der Waals surface area contributed by atoms with Crippen LogP contribution < -0.4 is 15.4 Å². The highest BCUT2D eigenvalue weighted by molar-refractivity contribution is 5.94. The minimum absolute atomic E-state index is 0.0138. The number of methoxy groups -OCH3 is 1. The number of ether oxygens (including phenoxy) is 1. The molecule has 0 aliphatic carbocycles. The van der Waals surface area contributed by atoms with Gasteiger partial charge in [-0.3, -0.25) is 14.5 Å². The summed E-state index contributed by atoms with van der Waals surface area (Å²) >= 11 is 0. The fourth-order valence-electron chi connectivity index (χ4n) is 3.19. The van der Waals surface area contributed by atoms with Crippen LogP contribution in [0, 0.1) is 0 Å². The van der Waals surface area contributed by atoms with Crippen LogP contribution in [0.25, 0.3) is 0 Å². The number of piperidine rings is 1. The molecule has 0 atom stereocenters. The van der Waals surface area contributed by atoms with Crippen molar-refractivity contribution in [3.8, 4) is 5.75 Å². The van der Waals surface area contributed by atoms with Gasteiger partial charge in [-0.2, -0.15) is 0 Å². The van der Waals surface area contributed by atoms with Crippen LogP contribution in [0.15, 0.2) is 54.6 Å². The van der Waals surface area contributed by atoms with E-state index in [9.17, 15) is 9.59 Å². The van der Waals surface area contributed by atoms with Gasteiger partial charge in [0.15, 0.2) is 0 Å². The molecule has 0 spiro atoms. The number of nitrogens with zero attached hydrogens (tertiary/aromatic N) is 1. The summed E-state index contributed by atoms with van der Waals surface area (Å²) in [7, 11) is 1.58. The number of carbonyl (C=O) groups is 2. The predicted molar refractivity (Wildman–Crippen MR) is 105 cm³/mol. The third kappa shape index (κ3) is 5.56. The smallest absolute Gasteiger partial charge is 0.251 e. The highest BCUT2D eigenvalue weighted by atomic mass is 16.5. The first-order valence-electron chi connectivity index (χ1n) is 9.16. The van der Waals surface area contributed by atoms with Gasteiger partial charge in [-0.15, -0.1) is 0 Å². The summed E-state index contributed by atoms with van der Waals surface area (Å²) in [6.45, 7) is 1.93. The molecule has 6 heteroatoms. The van der Waals surface area contributed by atoms with Crippen molar-refractivity contribution in [3.63, 3.8) is 0 Å². The van der Waals surface area contributed by atoms with Crippen LogP contribution in [0.5, 0.6) is 5.75 Å². The van der Waals surface area contributed by atoms with Crippen molar-refractivity contribution in [2.24, 2.45) is 0 Å². The third-order valence-electron chi connectivity index (χ3n) is 4.68. The van der Waals surface area contributed by atoms with Crippen LogP contribution in [-0.4, -0.2) is 49.5 Å². The Morgan fingerprint density at radius 2 is 1.81 bits per heavy atom. The average molecular weight is 367 g/mol. The Morgan fingerprint density at radius 3 is 2.52 bits per heavy atom. The number of rotatable bonds is 6. The molecule has 1 saturated heterocycles. The Bertz CT molecular complexity index is 771. The molecule has 1 fully saturated rings. The quantitative estimate of drug-likeness (QED) is 0.823. The molecule has 2 aromatic rings. The lowest BCUT2D eigenvalue weighted by atomic mass is 10.0. The van der Waals surface area contributed by atoms with Crippen molar-refractivity contribution in [1.29, 1.82) is 0 Å². The molecule has 2 N–H and O–H groups in total. The maximum Gasteiger partial charge on any atom is 0.251 e. The number of carbonyl (C=O) groups excluding carboxylic acids is 2. The monoisotopic (exact) mass is 367 g/mol. The van der Waals surface area contributed by atoms with Crippen LogP contribution in [0.3, 0.4) is 0 Å². The number of para-hydroxylation sites is 1. The number of hydrogen-bond acceptors (Lipinski definition) is 4. The second-order valence-electron chi connectivity index (χ2n) is 6.67. The second-order valence-corrected chi connectivity index (χ2v) is 6.67. The normalized spacial score (nSPS) is 15.1. The van der Waals surface area contributed by atoms with Gasteiger partial charge in [0.2, 0.25) is 5.91 Å². The zero-order valence-electron chi connectivity index (χ0n) is 15.5. The van der Waals surface area contributed by atoms with Crippen LogP contribution in [0.1, 0.15) is 23.2 Å². The van der Waals surface area contributed by atoms with Gasteiger partial charge < -0.3 is 15.4 Å². The van der Waals surface area contributed by atoms with Gasteiger partial charge in [-0.25, -0.2) is 0 Å². The van der Waals surface area contributed by atoms with Crippen molar-refractivity contribution in [2.45, 2.75) is 18.9 Å². The van der Waals surface area contributed by atoms with Crippen molar-refractivity contribution in [1.82, 2.24) is 10.2 Å². The lowest BCUT2D eigenvalue weighted by molar-refractivity contribution is -0.117. The zero-order valence-corrected chi connectivity index (χ0v) is 15.5. The molecule has 0 saturated carbocycles. The fraction of sp³-hybridized carbons (Fsp3) is 0.333. The molecular weight excluding hydrogens is 342 g/mol. The number of likely N-dealkylation sites (tertiary alicyclic amines) is 1. The van der Waals surface area contributed by atoms with Crippen molar-refractivity contribution in [3.05, 3.63) is 60.2 Å². The number of nitrogens with one attached hydrogen (secondary N) is 2. The number of amides is 2. The Morgan fingerprint density at radius 1 is 1.07 bits per heavy atom. The molecule has 1 aliphatic rings. The molecule has 1 aliphatic heterocycles. The third-order valence-corrected chi connectivity index (χ3v) is 4.68. The molecule has 142 valence electrons. The SMILES string of the molecule is COc1cccc(C(=O)NC2CCN(CC(=O)Nc3ccccc3)CC2)c1. The molecule has 0 radical (unpaired) electrons. The first kappa shape index (κ1) is 18.9. The number of benzene rings is 2. The summed E-state index contributed by atoms with van der Waals surface area (Å²) in [5, 5.41) is 5.98. The molecule has 3 rings (SSSR count). The number of hydrogen-bond donors (Lipinski definition) is 2. The van der Waals surface area contributed by atoms with Crippen molar-refractivity contribution < 1.29 is 14.3 Å².